The summed E-state index contributed by atoms with van der Waals surface area (Å²) >= 11 is 0. The van der Waals surface area contributed by atoms with Gasteiger partial charge in [0.15, 0.2) is 0 Å². The van der Waals surface area contributed by atoms with E-state index in [0.29, 0.717) is 30.1 Å². The van der Waals surface area contributed by atoms with E-state index in [1.165, 1.54) is 0 Å². The summed E-state index contributed by atoms with van der Waals surface area (Å²) in [6.07, 6.45) is 3.78. The van der Waals surface area contributed by atoms with E-state index in [1.54, 1.807) is 23.2 Å². The molecule has 1 aromatic carbocycles. The van der Waals surface area contributed by atoms with Crippen LogP contribution in [0.4, 0.5) is 4.79 Å². The number of rotatable bonds is 12. The lowest BCUT2D eigenvalue weighted by atomic mass is 10.0. The van der Waals surface area contributed by atoms with Crippen molar-refractivity contribution in [1.29, 1.82) is 0 Å². The predicted octanol–water partition coefficient (Wildman–Crippen LogP) is 4.85. The van der Waals surface area contributed by atoms with Crippen LogP contribution in [0.2, 0.25) is 0 Å². The third kappa shape index (κ3) is 10.7. The number of likely N-dealkylation sites (tertiary alicyclic amines) is 1. The Bertz CT molecular complexity index is 1020. The van der Waals surface area contributed by atoms with Gasteiger partial charge in [-0.25, -0.2) is 14.6 Å². The number of benzene rings is 1. The van der Waals surface area contributed by atoms with E-state index < -0.39 is 11.6 Å². The highest BCUT2D eigenvalue weighted by Gasteiger charge is 2.27. The molecule has 39 heavy (non-hydrogen) atoms. The molecule has 0 unspecified atom stereocenters. The van der Waals surface area contributed by atoms with Crippen molar-refractivity contribution in [3.63, 3.8) is 0 Å². The van der Waals surface area contributed by atoms with E-state index in [4.69, 9.17) is 9.47 Å². The van der Waals surface area contributed by atoms with Gasteiger partial charge in [-0.1, -0.05) is 18.7 Å². The summed E-state index contributed by atoms with van der Waals surface area (Å²) in [6, 6.07) is 6.52. The lowest BCUT2D eigenvalue weighted by Crippen LogP contribution is -2.43. The Labute approximate surface area is 234 Å². The average molecular weight is 542 g/mol. The number of esters is 1. The molecule has 1 atom stereocenters. The van der Waals surface area contributed by atoms with Gasteiger partial charge in [-0.3, -0.25) is 0 Å². The predicted molar refractivity (Wildman–Crippen MR) is 157 cm³/mol. The SMILES string of the molecule is C=C(N[C@@H](Cc1ccc(OC(=O)N2CCCC2)cc1)C(=O)OC(C)(C)C)/C(=C\N=C(C)N(CC)CC)NCC. The van der Waals surface area contributed by atoms with Crippen LogP contribution in [-0.4, -0.2) is 72.1 Å². The highest BCUT2D eigenvalue weighted by Crippen LogP contribution is 2.18. The molecule has 1 saturated heterocycles. The maximum Gasteiger partial charge on any atom is 0.415 e. The van der Waals surface area contributed by atoms with Crippen LogP contribution in [0.15, 0.2) is 53.4 Å². The second-order valence-corrected chi connectivity index (χ2v) is 10.5. The molecule has 216 valence electrons. The molecule has 2 N–H and O–H groups in total. The first-order chi connectivity index (χ1) is 18.5. The smallest absolute Gasteiger partial charge is 0.415 e. The lowest BCUT2D eigenvalue weighted by molar-refractivity contribution is -0.157. The average Bonchev–Trinajstić information content (AvgIpc) is 3.42. The number of amidine groups is 1. The first kappa shape index (κ1) is 31.7. The maximum absolute atomic E-state index is 13.2. The van der Waals surface area contributed by atoms with Crippen LogP contribution in [0.3, 0.4) is 0 Å². The van der Waals surface area contributed by atoms with Crippen molar-refractivity contribution in [2.45, 2.75) is 79.4 Å². The van der Waals surface area contributed by atoms with Gasteiger partial charge in [0.25, 0.3) is 0 Å². The zero-order chi connectivity index (χ0) is 29.0. The van der Waals surface area contributed by atoms with Gasteiger partial charge >= 0.3 is 12.1 Å². The third-order valence-electron chi connectivity index (χ3n) is 6.27. The molecule has 9 nitrogen and oxygen atoms in total. The fourth-order valence-electron chi connectivity index (χ4n) is 4.19. The van der Waals surface area contributed by atoms with Crippen molar-refractivity contribution in [2.75, 3.05) is 32.7 Å². The van der Waals surface area contributed by atoms with Crippen LogP contribution in [0, 0.1) is 0 Å². The van der Waals surface area contributed by atoms with E-state index in [0.717, 1.165) is 50.4 Å². The molecule has 9 heteroatoms. The van der Waals surface area contributed by atoms with Crippen molar-refractivity contribution in [1.82, 2.24) is 20.4 Å². The Morgan fingerprint density at radius 1 is 1.13 bits per heavy atom. The molecule has 0 saturated carbocycles. The molecule has 1 fully saturated rings. The lowest BCUT2D eigenvalue weighted by Gasteiger charge is -2.26. The minimum absolute atomic E-state index is 0.327. The molecule has 0 radical (unpaired) electrons. The summed E-state index contributed by atoms with van der Waals surface area (Å²) in [5, 5.41) is 6.55. The van der Waals surface area contributed by atoms with Gasteiger partial charge in [0, 0.05) is 39.1 Å². The monoisotopic (exact) mass is 541 g/mol. The number of nitrogens with zero attached hydrogens (tertiary/aromatic N) is 3. The number of carbonyl (C=O) groups is 2. The van der Waals surface area contributed by atoms with Crippen LogP contribution >= 0.6 is 0 Å². The van der Waals surface area contributed by atoms with Crippen LogP contribution < -0.4 is 15.4 Å². The Hall–Kier alpha value is -3.49. The molecular formula is C30H47N5O4. The molecule has 1 aliphatic rings. The van der Waals surface area contributed by atoms with E-state index in [1.807, 2.05) is 46.8 Å². The Morgan fingerprint density at radius 3 is 2.28 bits per heavy atom. The highest BCUT2D eigenvalue weighted by atomic mass is 16.6. The number of carbonyl (C=O) groups excluding carboxylic acids is 2. The highest BCUT2D eigenvalue weighted by molar-refractivity contribution is 5.80. The standard InChI is InChI=1S/C30H47N5O4/c1-9-31-27(21-32-23(5)34(10-2)11-3)22(4)33-26(28(36)39-30(6,7)8)20-24-14-16-25(17-15-24)38-29(37)35-18-12-13-19-35/h14-17,21,26,31,33H,4,9-13,18-20H2,1-3,5-8H3/b27-21+,32-23?/t26-/m0/s1. The number of likely N-dealkylation sites (N-methyl/N-ethyl adjacent to an activating group) is 1. The van der Waals surface area contributed by atoms with Crippen molar-refractivity contribution in [2.24, 2.45) is 4.99 Å². The number of aliphatic imine (C=N–C) groups is 1. The Balaban J connectivity index is 2.19. The van der Waals surface area contributed by atoms with Gasteiger partial charge in [0.2, 0.25) is 0 Å². The number of hydrogen-bond donors (Lipinski definition) is 2. The van der Waals surface area contributed by atoms with Crippen molar-refractivity contribution >= 4 is 17.9 Å². The second kappa shape index (κ2) is 15.2. The summed E-state index contributed by atoms with van der Waals surface area (Å²) in [5.74, 6) is 0.991. The Morgan fingerprint density at radius 2 is 1.74 bits per heavy atom. The normalized spacial score (nSPS) is 15.0. The van der Waals surface area contributed by atoms with E-state index in [-0.39, 0.29) is 12.1 Å². The molecule has 0 bridgehead atoms. The summed E-state index contributed by atoms with van der Waals surface area (Å²) in [5.41, 5.74) is 1.48. The maximum atomic E-state index is 13.2. The van der Waals surface area contributed by atoms with Crippen LogP contribution in [-0.2, 0) is 16.0 Å². The number of hydrogen-bond acceptors (Lipinski definition) is 7. The largest absolute Gasteiger partial charge is 0.458 e. The van der Waals surface area contributed by atoms with Gasteiger partial charge in [0.1, 0.15) is 23.2 Å². The van der Waals surface area contributed by atoms with Crippen molar-refractivity contribution in [3.05, 3.63) is 54.0 Å². The van der Waals surface area contributed by atoms with E-state index in [2.05, 4.69) is 41.0 Å². The summed E-state index contributed by atoms with van der Waals surface area (Å²) < 4.78 is 11.2. The van der Waals surface area contributed by atoms with Crippen molar-refractivity contribution in [3.8, 4) is 5.75 Å². The number of amides is 1. The second-order valence-electron chi connectivity index (χ2n) is 10.5. The topological polar surface area (TPSA) is 95.5 Å². The van der Waals surface area contributed by atoms with E-state index in [9.17, 15) is 9.59 Å². The van der Waals surface area contributed by atoms with Crippen molar-refractivity contribution < 1.29 is 19.1 Å². The molecule has 0 aromatic heterocycles. The minimum Gasteiger partial charge on any atom is -0.458 e. The van der Waals surface area contributed by atoms with Gasteiger partial charge < -0.3 is 29.9 Å². The molecular weight excluding hydrogens is 494 g/mol. The molecule has 1 aliphatic heterocycles. The van der Waals surface area contributed by atoms with E-state index >= 15 is 0 Å². The molecule has 2 rings (SSSR count). The first-order valence-corrected chi connectivity index (χ1v) is 13.9. The zero-order valence-electron chi connectivity index (χ0n) is 24.8. The molecule has 0 spiro atoms. The fourth-order valence-corrected chi connectivity index (χ4v) is 4.19. The molecule has 0 aliphatic carbocycles. The van der Waals surface area contributed by atoms with Crippen LogP contribution in [0.1, 0.15) is 66.9 Å². The van der Waals surface area contributed by atoms with Crippen LogP contribution in [0.25, 0.3) is 0 Å². The minimum atomic E-state index is -0.690. The van der Waals surface area contributed by atoms with Gasteiger partial charge in [-0.15, -0.1) is 0 Å². The van der Waals surface area contributed by atoms with Gasteiger partial charge in [-0.05, 0) is 79.0 Å². The molecule has 1 amide bonds. The summed E-state index contributed by atoms with van der Waals surface area (Å²) in [6.45, 7) is 21.7. The number of nitrogens with one attached hydrogen (secondary N) is 2. The van der Waals surface area contributed by atoms with Gasteiger partial charge in [-0.2, -0.15) is 0 Å². The molecule has 1 aromatic rings. The zero-order valence-corrected chi connectivity index (χ0v) is 24.8. The number of ether oxygens (including phenoxy) is 2. The quantitative estimate of drug-likeness (QED) is 0.169. The first-order valence-electron chi connectivity index (χ1n) is 13.9. The van der Waals surface area contributed by atoms with Crippen LogP contribution in [0.5, 0.6) is 5.75 Å². The summed E-state index contributed by atoms with van der Waals surface area (Å²) in [7, 11) is 0. The molecule has 1 heterocycles. The Kier molecular flexibility index (Phi) is 12.4. The third-order valence-corrected chi connectivity index (χ3v) is 6.27. The summed E-state index contributed by atoms with van der Waals surface area (Å²) in [4.78, 5) is 34.0. The fraction of sp³-hybridized carbons (Fsp3) is 0.567. The van der Waals surface area contributed by atoms with Gasteiger partial charge in [0.05, 0.1) is 17.6 Å².